The minimum absolute atomic E-state index is 0.171. The monoisotopic (exact) mass is 270 g/mol. The molecule has 2 heterocycles. The zero-order valence-electron chi connectivity index (χ0n) is 11.7. The van der Waals surface area contributed by atoms with E-state index in [9.17, 15) is 4.79 Å². The van der Waals surface area contributed by atoms with Crippen molar-refractivity contribution in [3.63, 3.8) is 0 Å². The van der Waals surface area contributed by atoms with Gasteiger partial charge in [0.15, 0.2) is 0 Å². The highest BCUT2D eigenvalue weighted by molar-refractivity contribution is 5.94. The van der Waals surface area contributed by atoms with Crippen LogP contribution in [0.4, 0.5) is 5.82 Å². The standard InChI is InChI=1S/C15H18N4O/c1-3-11-5-4-6-17-13(11)9-18-15(20)12-7-10(2)19-14(16)8-12/h4-8H,3,9H2,1-2H3,(H2,16,19)(H,18,20). The lowest BCUT2D eigenvalue weighted by Gasteiger charge is -2.09. The number of aryl methyl sites for hydroxylation is 2. The molecule has 2 rings (SSSR count). The molecule has 0 spiro atoms. The van der Waals surface area contributed by atoms with Crippen molar-refractivity contribution in [3.05, 3.63) is 53.0 Å². The van der Waals surface area contributed by atoms with E-state index in [2.05, 4.69) is 22.2 Å². The van der Waals surface area contributed by atoms with Gasteiger partial charge >= 0.3 is 0 Å². The van der Waals surface area contributed by atoms with E-state index in [0.717, 1.165) is 23.4 Å². The Hall–Kier alpha value is -2.43. The Morgan fingerprint density at radius 3 is 2.90 bits per heavy atom. The minimum atomic E-state index is -0.171. The Kier molecular flexibility index (Phi) is 4.30. The Labute approximate surface area is 118 Å². The minimum Gasteiger partial charge on any atom is -0.384 e. The normalized spacial score (nSPS) is 10.3. The summed E-state index contributed by atoms with van der Waals surface area (Å²) in [4.78, 5) is 20.4. The number of pyridine rings is 2. The van der Waals surface area contributed by atoms with E-state index in [1.54, 1.807) is 25.3 Å². The van der Waals surface area contributed by atoms with Gasteiger partial charge in [0, 0.05) is 17.5 Å². The number of amides is 1. The van der Waals surface area contributed by atoms with Gasteiger partial charge in [-0.25, -0.2) is 4.98 Å². The number of hydrogen-bond acceptors (Lipinski definition) is 4. The van der Waals surface area contributed by atoms with Crippen molar-refractivity contribution in [3.8, 4) is 0 Å². The summed E-state index contributed by atoms with van der Waals surface area (Å²) in [5.41, 5.74) is 8.92. The van der Waals surface area contributed by atoms with Crippen molar-refractivity contribution in [2.45, 2.75) is 26.8 Å². The van der Waals surface area contributed by atoms with Crippen LogP contribution in [0.5, 0.6) is 0 Å². The first-order chi connectivity index (χ1) is 9.60. The van der Waals surface area contributed by atoms with Gasteiger partial charge in [-0.2, -0.15) is 0 Å². The summed E-state index contributed by atoms with van der Waals surface area (Å²) in [6, 6.07) is 7.20. The molecule has 104 valence electrons. The van der Waals surface area contributed by atoms with Crippen molar-refractivity contribution < 1.29 is 4.79 Å². The lowest BCUT2D eigenvalue weighted by atomic mass is 10.1. The third-order valence-electron chi connectivity index (χ3n) is 3.02. The van der Waals surface area contributed by atoms with Gasteiger partial charge in [0.25, 0.3) is 5.91 Å². The summed E-state index contributed by atoms with van der Waals surface area (Å²) in [5, 5.41) is 2.86. The van der Waals surface area contributed by atoms with Crippen LogP contribution in [-0.2, 0) is 13.0 Å². The summed E-state index contributed by atoms with van der Waals surface area (Å²) in [6.45, 7) is 4.28. The maximum Gasteiger partial charge on any atom is 0.251 e. The number of aromatic nitrogens is 2. The first kappa shape index (κ1) is 14.0. The second kappa shape index (κ2) is 6.14. The Morgan fingerprint density at radius 1 is 1.40 bits per heavy atom. The lowest BCUT2D eigenvalue weighted by molar-refractivity contribution is 0.0950. The van der Waals surface area contributed by atoms with E-state index < -0.39 is 0 Å². The van der Waals surface area contributed by atoms with Crippen LogP contribution < -0.4 is 11.1 Å². The molecule has 20 heavy (non-hydrogen) atoms. The number of rotatable bonds is 4. The van der Waals surface area contributed by atoms with Gasteiger partial charge in [-0.05, 0) is 37.1 Å². The summed E-state index contributed by atoms with van der Waals surface area (Å²) in [6.07, 6.45) is 2.62. The van der Waals surface area contributed by atoms with E-state index in [4.69, 9.17) is 5.73 Å². The van der Waals surface area contributed by atoms with Crippen LogP contribution in [0, 0.1) is 6.92 Å². The van der Waals surface area contributed by atoms with Gasteiger partial charge in [0.05, 0.1) is 12.2 Å². The van der Waals surface area contributed by atoms with Crippen molar-refractivity contribution in [2.24, 2.45) is 0 Å². The fraction of sp³-hybridized carbons (Fsp3) is 0.267. The van der Waals surface area contributed by atoms with E-state index >= 15 is 0 Å². The number of nitrogens with zero attached hydrogens (tertiary/aromatic N) is 2. The van der Waals surface area contributed by atoms with Crippen LogP contribution in [0.3, 0.4) is 0 Å². The molecule has 0 unspecified atom stereocenters. The van der Waals surface area contributed by atoms with Crippen molar-refractivity contribution in [2.75, 3.05) is 5.73 Å². The third-order valence-corrected chi connectivity index (χ3v) is 3.02. The average molecular weight is 270 g/mol. The molecule has 0 aromatic carbocycles. The molecule has 0 atom stereocenters. The average Bonchev–Trinajstić information content (AvgIpc) is 2.44. The first-order valence-electron chi connectivity index (χ1n) is 6.55. The van der Waals surface area contributed by atoms with Gasteiger partial charge in [-0.3, -0.25) is 9.78 Å². The highest BCUT2D eigenvalue weighted by atomic mass is 16.1. The quantitative estimate of drug-likeness (QED) is 0.888. The number of hydrogen-bond donors (Lipinski definition) is 2. The van der Waals surface area contributed by atoms with Gasteiger partial charge in [0.1, 0.15) is 5.82 Å². The van der Waals surface area contributed by atoms with Crippen molar-refractivity contribution >= 4 is 11.7 Å². The molecule has 0 bridgehead atoms. The molecule has 0 aliphatic carbocycles. The van der Waals surface area contributed by atoms with Crippen LogP contribution in [0.25, 0.3) is 0 Å². The third kappa shape index (κ3) is 3.32. The maximum absolute atomic E-state index is 12.1. The van der Waals surface area contributed by atoms with Gasteiger partial charge in [-0.15, -0.1) is 0 Å². The number of anilines is 1. The predicted molar refractivity (Wildman–Crippen MR) is 78.2 cm³/mol. The van der Waals surface area contributed by atoms with Crippen molar-refractivity contribution in [1.29, 1.82) is 0 Å². The summed E-state index contributed by atoms with van der Waals surface area (Å²) in [5.74, 6) is 0.178. The summed E-state index contributed by atoms with van der Waals surface area (Å²) in [7, 11) is 0. The smallest absolute Gasteiger partial charge is 0.251 e. The fourth-order valence-corrected chi connectivity index (χ4v) is 2.04. The van der Waals surface area contributed by atoms with Crippen LogP contribution in [-0.4, -0.2) is 15.9 Å². The van der Waals surface area contributed by atoms with Crippen LogP contribution in [0.2, 0.25) is 0 Å². The van der Waals surface area contributed by atoms with Gasteiger partial charge in [0.2, 0.25) is 0 Å². The SMILES string of the molecule is CCc1cccnc1CNC(=O)c1cc(C)nc(N)c1. The highest BCUT2D eigenvalue weighted by Crippen LogP contribution is 2.09. The second-order valence-electron chi connectivity index (χ2n) is 4.57. The molecule has 0 radical (unpaired) electrons. The number of nitrogen functional groups attached to an aromatic ring is 1. The zero-order chi connectivity index (χ0) is 14.5. The zero-order valence-corrected chi connectivity index (χ0v) is 11.7. The topological polar surface area (TPSA) is 80.9 Å². The maximum atomic E-state index is 12.1. The number of nitrogens with one attached hydrogen (secondary N) is 1. The largest absolute Gasteiger partial charge is 0.384 e. The summed E-state index contributed by atoms with van der Waals surface area (Å²) < 4.78 is 0. The number of nitrogens with two attached hydrogens (primary N) is 1. The van der Waals surface area contributed by atoms with Crippen LogP contribution in [0.15, 0.2) is 30.5 Å². The highest BCUT2D eigenvalue weighted by Gasteiger charge is 2.09. The molecular formula is C15H18N4O. The molecule has 1 amide bonds. The molecule has 5 nitrogen and oxygen atoms in total. The molecule has 0 aliphatic heterocycles. The molecule has 2 aromatic rings. The van der Waals surface area contributed by atoms with E-state index in [1.807, 2.05) is 12.1 Å². The van der Waals surface area contributed by atoms with Crippen molar-refractivity contribution in [1.82, 2.24) is 15.3 Å². The molecular weight excluding hydrogens is 252 g/mol. The number of carbonyl (C=O) groups is 1. The molecule has 3 N–H and O–H groups in total. The fourth-order valence-electron chi connectivity index (χ4n) is 2.04. The molecule has 0 saturated carbocycles. The lowest BCUT2D eigenvalue weighted by Crippen LogP contribution is -2.24. The van der Waals surface area contributed by atoms with Crippen LogP contribution in [0.1, 0.15) is 34.2 Å². The second-order valence-corrected chi connectivity index (χ2v) is 4.57. The van der Waals surface area contributed by atoms with E-state index in [1.165, 1.54) is 0 Å². The first-order valence-corrected chi connectivity index (χ1v) is 6.55. The predicted octanol–water partition coefficient (Wildman–Crippen LogP) is 1.86. The van der Waals surface area contributed by atoms with Crippen LogP contribution >= 0.6 is 0 Å². The Balaban J connectivity index is 2.08. The van der Waals surface area contributed by atoms with E-state index in [0.29, 0.717) is 17.9 Å². The molecule has 0 fully saturated rings. The number of carbonyl (C=O) groups excluding carboxylic acids is 1. The Bertz CT molecular complexity index is 605. The molecule has 0 aliphatic rings. The van der Waals surface area contributed by atoms with E-state index in [-0.39, 0.29) is 5.91 Å². The Morgan fingerprint density at radius 2 is 2.20 bits per heavy atom. The molecule has 5 heteroatoms. The molecule has 0 saturated heterocycles. The summed E-state index contributed by atoms with van der Waals surface area (Å²) >= 11 is 0. The van der Waals surface area contributed by atoms with Gasteiger partial charge < -0.3 is 11.1 Å². The van der Waals surface area contributed by atoms with Gasteiger partial charge in [-0.1, -0.05) is 13.0 Å². The molecule has 2 aromatic heterocycles.